The Morgan fingerprint density at radius 3 is 2.49 bits per heavy atom. The van der Waals surface area contributed by atoms with Crippen LogP contribution in [0.4, 0.5) is 15.8 Å². The van der Waals surface area contributed by atoms with E-state index in [2.05, 4.69) is 15.3 Å². The van der Waals surface area contributed by atoms with Gasteiger partial charge in [-0.05, 0) is 54.7 Å². The van der Waals surface area contributed by atoms with E-state index in [9.17, 15) is 18.8 Å². The van der Waals surface area contributed by atoms with Crippen LogP contribution in [0.2, 0.25) is 0 Å². The van der Waals surface area contributed by atoms with Gasteiger partial charge in [-0.15, -0.1) is 0 Å². The Labute approximate surface area is 202 Å². The van der Waals surface area contributed by atoms with Gasteiger partial charge in [0.2, 0.25) is 17.8 Å². The van der Waals surface area contributed by atoms with Gasteiger partial charge in [-0.2, -0.15) is 4.39 Å². The quantitative estimate of drug-likeness (QED) is 0.389. The molecule has 2 aromatic heterocycles. The molecule has 180 valence electrons. The first kappa shape index (κ1) is 24.0. The molecule has 0 bridgehead atoms. The average molecular weight is 477 g/mol. The van der Waals surface area contributed by atoms with Crippen LogP contribution in [0.25, 0.3) is 11.3 Å². The third-order valence-electron chi connectivity index (χ3n) is 5.71. The number of aromatic nitrogens is 2. The summed E-state index contributed by atoms with van der Waals surface area (Å²) in [7, 11) is 1.30. The fourth-order valence-corrected chi connectivity index (χ4v) is 3.70. The number of pyridine rings is 2. The molecule has 9 heteroatoms. The number of hydrogen-bond acceptors (Lipinski definition) is 6. The van der Waals surface area contributed by atoms with Crippen molar-refractivity contribution in [2.75, 3.05) is 23.9 Å². The van der Waals surface area contributed by atoms with Crippen LogP contribution in [0.15, 0.2) is 54.9 Å². The van der Waals surface area contributed by atoms with Gasteiger partial charge in [0.25, 0.3) is 0 Å². The number of amides is 2. The van der Waals surface area contributed by atoms with Crippen LogP contribution < -0.4 is 10.2 Å². The van der Waals surface area contributed by atoms with Crippen LogP contribution >= 0.6 is 0 Å². The molecular formula is C26H25FN4O4. The number of methoxy groups -OCH3 is 1. The van der Waals surface area contributed by atoms with Crippen molar-refractivity contribution in [2.45, 2.75) is 26.2 Å². The molecule has 1 aromatic carbocycles. The first-order chi connectivity index (χ1) is 16.8. The van der Waals surface area contributed by atoms with Crippen molar-refractivity contribution < 1.29 is 23.5 Å². The summed E-state index contributed by atoms with van der Waals surface area (Å²) in [5.41, 5.74) is 3.13. The van der Waals surface area contributed by atoms with E-state index in [0.29, 0.717) is 40.7 Å². The second-order valence-electron chi connectivity index (χ2n) is 8.44. The number of nitrogens with zero attached hydrogens (tertiary/aromatic N) is 3. The van der Waals surface area contributed by atoms with E-state index in [1.165, 1.54) is 38.6 Å². The van der Waals surface area contributed by atoms with Gasteiger partial charge in [-0.1, -0.05) is 12.1 Å². The lowest BCUT2D eigenvalue weighted by atomic mass is 10.0. The highest BCUT2D eigenvalue weighted by molar-refractivity contribution is 6.03. The van der Waals surface area contributed by atoms with Crippen LogP contribution in [0, 0.1) is 11.9 Å². The zero-order valence-electron chi connectivity index (χ0n) is 19.5. The number of nitrogens with one attached hydrogen (secondary N) is 1. The molecule has 35 heavy (non-hydrogen) atoms. The fourth-order valence-electron chi connectivity index (χ4n) is 3.70. The normalized spacial score (nSPS) is 12.7. The summed E-state index contributed by atoms with van der Waals surface area (Å²) in [6, 6.07) is 11.3. The standard InChI is InChI=1S/C26H25FN4O4/c1-16(32)31(15-17-3-4-17)23-9-6-19(12-21(23)26(34)35-2)22-8-7-20(14-28-22)30-25(33)11-18-5-10-24(27)29-13-18/h5-10,12-14,17H,3-4,11,15H2,1-2H3,(H,30,33). The van der Waals surface area contributed by atoms with Gasteiger partial charge < -0.3 is 15.0 Å². The molecule has 8 nitrogen and oxygen atoms in total. The predicted octanol–water partition coefficient (Wildman–Crippen LogP) is 4.01. The Morgan fingerprint density at radius 2 is 1.89 bits per heavy atom. The van der Waals surface area contributed by atoms with Crippen LogP contribution in [-0.2, 0) is 20.7 Å². The maximum Gasteiger partial charge on any atom is 0.340 e. The summed E-state index contributed by atoms with van der Waals surface area (Å²) in [5.74, 6) is -1.11. The lowest BCUT2D eigenvalue weighted by molar-refractivity contribution is -0.117. The number of carbonyl (C=O) groups excluding carboxylic acids is 3. The highest BCUT2D eigenvalue weighted by Crippen LogP contribution is 2.34. The lowest BCUT2D eigenvalue weighted by Crippen LogP contribution is -2.32. The van der Waals surface area contributed by atoms with Crippen molar-refractivity contribution in [1.29, 1.82) is 0 Å². The van der Waals surface area contributed by atoms with Gasteiger partial charge in [0.1, 0.15) is 0 Å². The third-order valence-corrected chi connectivity index (χ3v) is 5.71. The molecule has 0 aliphatic heterocycles. The summed E-state index contributed by atoms with van der Waals surface area (Å²) in [6.07, 6.45) is 5.02. The molecule has 0 unspecified atom stereocenters. The van der Waals surface area contributed by atoms with E-state index in [4.69, 9.17) is 4.74 Å². The molecule has 0 spiro atoms. The average Bonchev–Trinajstić information content (AvgIpc) is 3.68. The highest BCUT2D eigenvalue weighted by atomic mass is 19.1. The van der Waals surface area contributed by atoms with E-state index in [1.54, 1.807) is 35.2 Å². The summed E-state index contributed by atoms with van der Waals surface area (Å²) in [4.78, 5) is 46.7. The molecule has 0 atom stereocenters. The number of carbonyl (C=O) groups is 3. The molecule has 0 saturated heterocycles. The van der Waals surface area contributed by atoms with E-state index < -0.39 is 11.9 Å². The molecule has 1 aliphatic rings. The number of hydrogen-bond donors (Lipinski definition) is 1. The number of rotatable bonds is 8. The number of halogens is 1. The van der Waals surface area contributed by atoms with Crippen molar-refractivity contribution >= 4 is 29.2 Å². The molecule has 2 heterocycles. The van der Waals surface area contributed by atoms with E-state index in [1.807, 2.05) is 0 Å². The number of benzene rings is 1. The van der Waals surface area contributed by atoms with Crippen molar-refractivity contribution in [3.63, 3.8) is 0 Å². The maximum absolute atomic E-state index is 12.9. The minimum Gasteiger partial charge on any atom is -0.465 e. The monoisotopic (exact) mass is 476 g/mol. The van der Waals surface area contributed by atoms with Crippen molar-refractivity contribution in [2.24, 2.45) is 5.92 Å². The highest BCUT2D eigenvalue weighted by Gasteiger charge is 2.29. The minimum absolute atomic E-state index is 0.0481. The molecule has 2 amide bonds. The molecule has 1 N–H and O–H groups in total. The number of ether oxygens (including phenoxy) is 1. The van der Waals surface area contributed by atoms with Crippen molar-refractivity contribution in [3.05, 3.63) is 71.9 Å². The molecule has 0 radical (unpaired) electrons. The van der Waals surface area contributed by atoms with E-state index >= 15 is 0 Å². The van der Waals surface area contributed by atoms with Crippen LogP contribution in [-0.4, -0.2) is 41.4 Å². The fraction of sp³-hybridized carbons (Fsp3) is 0.269. The van der Waals surface area contributed by atoms with Crippen molar-refractivity contribution in [3.8, 4) is 11.3 Å². The van der Waals surface area contributed by atoms with Gasteiger partial charge in [0.15, 0.2) is 0 Å². The lowest BCUT2D eigenvalue weighted by Gasteiger charge is -2.23. The SMILES string of the molecule is COC(=O)c1cc(-c2ccc(NC(=O)Cc3ccc(F)nc3)cn2)ccc1N(CC1CC1)C(C)=O. The first-order valence-electron chi connectivity index (χ1n) is 11.2. The van der Waals surface area contributed by atoms with Gasteiger partial charge in [0, 0.05) is 25.2 Å². The molecule has 3 aromatic rings. The Kier molecular flexibility index (Phi) is 7.14. The van der Waals surface area contributed by atoms with Gasteiger partial charge in [0.05, 0.1) is 42.4 Å². The van der Waals surface area contributed by atoms with Crippen molar-refractivity contribution in [1.82, 2.24) is 9.97 Å². The van der Waals surface area contributed by atoms with Gasteiger partial charge in [-0.25, -0.2) is 9.78 Å². The smallest absolute Gasteiger partial charge is 0.340 e. The summed E-state index contributed by atoms with van der Waals surface area (Å²) >= 11 is 0. The molecular weight excluding hydrogens is 451 g/mol. The Morgan fingerprint density at radius 1 is 1.09 bits per heavy atom. The topological polar surface area (TPSA) is 101 Å². The predicted molar refractivity (Wildman–Crippen MR) is 128 cm³/mol. The third kappa shape index (κ3) is 6.06. The Hall–Kier alpha value is -4.14. The zero-order chi connectivity index (χ0) is 24.9. The maximum atomic E-state index is 12.9. The van der Waals surface area contributed by atoms with Gasteiger partial charge >= 0.3 is 5.97 Å². The molecule has 1 fully saturated rings. The molecule has 1 saturated carbocycles. The molecule has 1 aliphatic carbocycles. The number of anilines is 2. The largest absolute Gasteiger partial charge is 0.465 e. The van der Waals surface area contributed by atoms with Crippen LogP contribution in [0.5, 0.6) is 0 Å². The first-order valence-corrected chi connectivity index (χ1v) is 11.2. The van der Waals surface area contributed by atoms with Gasteiger partial charge in [-0.3, -0.25) is 14.6 Å². The summed E-state index contributed by atoms with van der Waals surface area (Å²) < 4.78 is 17.9. The summed E-state index contributed by atoms with van der Waals surface area (Å²) in [6.45, 7) is 2.05. The van der Waals surface area contributed by atoms with E-state index in [-0.39, 0.29) is 23.8 Å². The zero-order valence-corrected chi connectivity index (χ0v) is 19.5. The minimum atomic E-state index is -0.603. The molecule has 4 rings (SSSR count). The Bertz CT molecular complexity index is 1240. The van der Waals surface area contributed by atoms with Crippen LogP contribution in [0.1, 0.15) is 35.7 Å². The van der Waals surface area contributed by atoms with E-state index in [0.717, 1.165) is 12.8 Å². The van der Waals surface area contributed by atoms with Crippen LogP contribution in [0.3, 0.4) is 0 Å². The number of esters is 1. The Balaban J connectivity index is 1.52. The summed E-state index contributed by atoms with van der Waals surface area (Å²) in [5, 5.41) is 2.74. The second kappa shape index (κ2) is 10.4. The second-order valence-corrected chi connectivity index (χ2v) is 8.44.